The van der Waals surface area contributed by atoms with Gasteiger partial charge in [0.2, 0.25) is 5.91 Å². The van der Waals surface area contributed by atoms with E-state index in [0.717, 1.165) is 37.7 Å². The summed E-state index contributed by atoms with van der Waals surface area (Å²) < 4.78 is 5.54. The zero-order chi connectivity index (χ0) is 18.9. The lowest BCUT2D eigenvalue weighted by Gasteiger charge is -2.53. The summed E-state index contributed by atoms with van der Waals surface area (Å²) in [7, 11) is 0. The van der Waals surface area contributed by atoms with Gasteiger partial charge in [0, 0.05) is 18.0 Å². The summed E-state index contributed by atoms with van der Waals surface area (Å²) in [5, 5.41) is 0. The molecular formula is C22H25NO4. The number of hydrogen-bond acceptors (Lipinski definition) is 4. The molecule has 3 atom stereocenters. The molecule has 3 unspecified atom stereocenters. The van der Waals surface area contributed by atoms with Crippen molar-refractivity contribution in [3.63, 3.8) is 0 Å². The Hall–Kier alpha value is -2.17. The number of rotatable bonds is 3. The van der Waals surface area contributed by atoms with Gasteiger partial charge in [-0.25, -0.2) is 0 Å². The summed E-state index contributed by atoms with van der Waals surface area (Å²) in [6, 6.07) is 5.02. The van der Waals surface area contributed by atoms with E-state index in [4.69, 9.17) is 4.74 Å². The van der Waals surface area contributed by atoms with E-state index in [1.165, 1.54) is 0 Å². The molecule has 1 aromatic rings. The number of Topliss-reactive ketones (excluding diaryl/α,β-unsaturated/α-hetero) is 1. The van der Waals surface area contributed by atoms with Gasteiger partial charge in [-0.3, -0.25) is 14.4 Å². The number of nitrogens with zero attached hydrogens (tertiary/aromatic N) is 1. The third kappa shape index (κ3) is 2.54. The minimum absolute atomic E-state index is 0.0312. The molecule has 1 amide bonds. The van der Waals surface area contributed by atoms with Crippen LogP contribution in [0.15, 0.2) is 18.2 Å². The van der Waals surface area contributed by atoms with Gasteiger partial charge < -0.3 is 9.64 Å². The first-order chi connectivity index (χ1) is 12.9. The molecule has 5 rings (SSSR count). The van der Waals surface area contributed by atoms with Crippen LogP contribution in [0.5, 0.6) is 5.75 Å². The van der Waals surface area contributed by atoms with Crippen LogP contribution in [-0.4, -0.2) is 35.1 Å². The molecule has 3 fully saturated rings. The van der Waals surface area contributed by atoms with Crippen LogP contribution in [0.4, 0.5) is 0 Å². The fourth-order valence-electron chi connectivity index (χ4n) is 4.85. The number of ketones is 1. The molecule has 5 heteroatoms. The van der Waals surface area contributed by atoms with Crippen molar-refractivity contribution in [3.8, 4) is 5.75 Å². The molecular weight excluding hydrogens is 342 g/mol. The zero-order valence-electron chi connectivity index (χ0n) is 15.9. The lowest BCUT2D eigenvalue weighted by molar-refractivity contribution is -0.138. The van der Waals surface area contributed by atoms with Gasteiger partial charge in [-0.15, -0.1) is 0 Å². The maximum absolute atomic E-state index is 13.3. The average Bonchev–Trinajstić information content (AvgIpc) is 3.54. The molecule has 2 saturated carbocycles. The predicted molar refractivity (Wildman–Crippen MR) is 98.5 cm³/mol. The maximum Gasteiger partial charge on any atom is 0.314 e. The molecule has 1 saturated heterocycles. The Morgan fingerprint density at radius 1 is 1.15 bits per heavy atom. The number of fused-ring (bicyclic) bond motifs is 4. The largest absolute Gasteiger partial charge is 0.426 e. The smallest absolute Gasteiger partial charge is 0.314 e. The lowest BCUT2D eigenvalue weighted by Crippen LogP contribution is -2.62. The quantitative estimate of drug-likeness (QED) is 0.608. The van der Waals surface area contributed by atoms with Gasteiger partial charge in [-0.1, -0.05) is 13.8 Å². The molecule has 0 radical (unpaired) electrons. The van der Waals surface area contributed by atoms with Crippen LogP contribution in [0, 0.1) is 17.8 Å². The number of piperidine rings is 1. The van der Waals surface area contributed by atoms with E-state index in [9.17, 15) is 14.4 Å². The van der Waals surface area contributed by atoms with E-state index in [2.05, 4.69) is 13.8 Å². The van der Waals surface area contributed by atoms with Crippen molar-refractivity contribution in [2.24, 2.45) is 17.8 Å². The molecule has 1 heterocycles. The Balaban J connectivity index is 1.51. The number of ether oxygens (including phenoxy) is 1. The number of amides is 1. The van der Waals surface area contributed by atoms with Crippen molar-refractivity contribution in [1.82, 2.24) is 4.90 Å². The Kier molecular flexibility index (Phi) is 3.56. The summed E-state index contributed by atoms with van der Waals surface area (Å²) >= 11 is 0. The highest BCUT2D eigenvalue weighted by Crippen LogP contribution is 2.50. The molecule has 5 nitrogen and oxygen atoms in total. The maximum atomic E-state index is 13.3. The highest BCUT2D eigenvalue weighted by Gasteiger charge is 2.54. The number of esters is 1. The minimum atomic E-state index is -0.371. The van der Waals surface area contributed by atoms with Gasteiger partial charge in [0.05, 0.1) is 12.0 Å². The summed E-state index contributed by atoms with van der Waals surface area (Å²) in [5.74, 6) is 0.755. The topological polar surface area (TPSA) is 63.7 Å². The Morgan fingerprint density at radius 2 is 1.85 bits per heavy atom. The van der Waals surface area contributed by atoms with Crippen molar-refractivity contribution >= 4 is 17.7 Å². The first-order valence-corrected chi connectivity index (χ1v) is 10.1. The molecule has 0 aromatic heterocycles. The van der Waals surface area contributed by atoms with Crippen LogP contribution in [0.25, 0.3) is 0 Å². The van der Waals surface area contributed by atoms with Crippen molar-refractivity contribution in [1.29, 1.82) is 0 Å². The number of carbonyl (C=O) groups excluding carboxylic acids is 3. The molecule has 2 bridgehead atoms. The second-order valence-corrected chi connectivity index (χ2v) is 8.97. The van der Waals surface area contributed by atoms with Crippen LogP contribution in [0.2, 0.25) is 0 Å². The van der Waals surface area contributed by atoms with Gasteiger partial charge in [0.25, 0.3) is 0 Å². The highest BCUT2D eigenvalue weighted by molar-refractivity contribution is 6.05. The summed E-state index contributed by atoms with van der Waals surface area (Å²) in [6.07, 6.45) is 4.54. The van der Waals surface area contributed by atoms with Crippen LogP contribution in [-0.2, 0) is 15.0 Å². The van der Waals surface area contributed by atoms with Crippen LogP contribution < -0.4 is 4.74 Å². The van der Waals surface area contributed by atoms with E-state index in [0.29, 0.717) is 17.9 Å². The Morgan fingerprint density at radius 3 is 2.52 bits per heavy atom. The van der Waals surface area contributed by atoms with E-state index in [1.807, 2.05) is 11.0 Å². The molecule has 142 valence electrons. The van der Waals surface area contributed by atoms with Gasteiger partial charge in [0.15, 0.2) is 5.78 Å². The first kappa shape index (κ1) is 17.0. The van der Waals surface area contributed by atoms with E-state index < -0.39 is 0 Å². The number of benzene rings is 1. The van der Waals surface area contributed by atoms with E-state index >= 15 is 0 Å². The summed E-state index contributed by atoms with van der Waals surface area (Å²) in [5.41, 5.74) is 1.45. The van der Waals surface area contributed by atoms with E-state index in [1.54, 1.807) is 12.1 Å². The summed E-state index contributed by atoms with van der Waals surface area (Å²) in [6.45, 7) is 4.89. The molecule has 4 aliphatic rings. The summed E-state index contributed by atoms with van der Waals surface area (Å²) in [4.78, 5) is 39.9. The predicted octanol–water partition coefficient (Wildman–Crippen LogP) is 3.10. The fourth-order valence-corrected chi connectivity index (χ4v) is 4.85. The normalized spacial score (nSPS) is 32.1. The molecule has 1 aromatic carbocycles. The second kappa shape index (κ2) is 5.66. The second-order valence-electron chi connectivity index (χ2n) is 8.97. The standard InChI is InChI=1S/C22H25NO4/c1-12-18-19(24)16-8-7-15(27-21(26)14-5-6-14)11-17(16)22(12,2)9-10-23(18)20(25)13-3-4-13/h7-8,11-14,18H,3-6,9-10H2,1-2H3. The van der Waals surface area contributed by atoms with Crippen molar-refractivity contribution < 1.29 is 19.1 Å². The van der Waals surface area contributed by atoms with Gasteiger partial charge in [-0.2, -0.15) is 0 Å². The van der Waals surface area contributed by atoms with Gasteiger partial charge >= 0.3 is 5.97 Å². The number of hydrogen-bond donors (Lipinski definition) is 0. The molecule has 3 aliphatic carbocycles. The molecule has 0 spiro atoms. The SMILES string of the molecule is CC1C2C(=O)c3ccc(OC(=O)C4CC4)cc3C1(C)CCN2C(=O)C1CC1. The Labute approximate surface area is 159 Å². The third-order valence-electron chi connectivity index (χ3n) is 7.17. The van der Waals surface area contributed by atoms with Crippen molar-refractivity contribution in [2.45, 2.75) is 57.4 Å². The Bertz CT molecular complexity index is 854. The lowest BCUT2D eigenvalue weighted by atomic mass is 9.58. The van der Waals surface area contributed by atoms with Crippen LogP contribution in [0.3, 0.4) is 0 Å². The third-order valence-corrected chi connectivity index (χ3v) is 7.17. The number of likely N-dealkylation sites (tertiary alicyclic amines) is 1. The molecule has 27 heavy (non-hydrogen) atoms. The van der Waals surface area contributed by atoms with Crippen molar-refractivity contribution in [2.75, 3.05) is 6.54 Å². The zero-order valence-corrected chi connectivity index (χ0v) is 15.9. The molecule has 0 N–H and O–H groups in total. The van der Waals surface area contributed by atoms with E-state index in [-0.39, 0.29) is 46.9 Å². The average molecular weight is 367 g/mol. The molecule has 1 aliphatic heterocycles. The van der Waals surface area contributed by atoms with Crippen molar-refractivity contribution in [3.05, 3.63) is 29.3 Å². The van der Waals surface area contributed by atoms with Gasteiger partial charge in [-0.05, 0) is 67.2 Å². The fraction of sp³-hybridized carbons (Fsp3) is 0.591. The van der Waals surface area contributed by atoms with Gasteiger partial charge in [0.1, 0.15) is 5.75 Å². The first-order valence-electron chi connectivity index (χ1n) is 10.1. The highest BCUT2D eigenvalue weighted by atomic mass is 16.5. The monoisotopic (exact) mass is 367 g/mol. The van der Waals surface area contributed by atoms with Crippen LogP contribution >= 0.6 is 0 Å². The minimum Gasteiger partial charge on any atom is -0.426 e. The number of carbonyl (C=O) groups is 3. The van der Waals surface area contributed by atoms with Crippen LogP contribution in [0.1, 0.15) is 61.9 Å².